The maximum Gasteiger partial charge on any atom is 0.144 e. The van der Waals surface area contributed by atoms with E-state index in [2.05, 4.69) is 24.1 Å². The lowest BCUT2D eigenvalue weighted by molar-refractivity contribution is -0.179. The third-order valence-electron chi connectivity index (χ3n) is 2.44. The Morgan fingerprint density at radius 1 is 1.07 bits per heavy atom. The van der Waals surface area contributed by atoms with Crippen molar-refractivity contribution in [3.63, 3.8) is 0 Å². The number of nitrogens with two attached hydrogens (primary N) is 1. The predicted octanol–water partition coefficient (Wildman–Crippen LogP) is 1.65. The fourth-order valence-electron chi connectivity index (χ4n) is 1.26. The molecule has 89 valence electrons. The van der Waals surface area contributed by atoms with Crippen molar-refractivity contribution in [2.45, 2.75) is 45.9 Å². The van der Waals surface area contributed by atoms with Gasteiger partial charge in [0.15, 0.2) is 0 Å². The molecule has 0 aliphatic carbocycles. The van der Waals surface area contributed by atoms with E-state index in [1.165, 1.54) is 0 Å². The summed E-state index contributed by atoms with van der Waals surface area (Å²) in [6.07, 6.45) is 1.77. The van der Waals surface area contributed by atoms with Crippen LogP contribution in [0, 0.1) is 5.41 Å². The third-order valence-corrected chi connectivity index (χ3v) is 2.98. The first-order chi connectivity index (χ1) is 6.89. The van der Waals surface area contributed by atoms with Crippen LogP contribution in [0.25, 0.3) is 0 Å². The van der Waals surface area contributed by atoms with Crippen molar-refractivity contribution >= 4 is 10.2 Å². The van der Waals surface area contributed by atoms with E-state index >= 15 is 0 Å². The molecule has 0 saturated heterocycles. The normalized spacial score (nSPS) is 13.2. The number of rotatable bonds is 8. The van der Waals surface area contributed by atoms with Crippen molar-refractivity contribution in [2.75, 3.05) is 19.8 Å². The lowest BCUT2D eigenvalue weighted by Gasteiger charge is -2.33. The third kappa shape index (κ3) is 6.30. The molecule has 0 aliphatic rings. The molecule has 0 aromatic heterocycles. The fourth-order valence-corrected chi connectivity index (χ4v) is 1.67. The van der Waals surface area contributed by atoms with E-state index in [9.17, 15) is 0 Å². The SMILES string of the molecule is CCOC([Si])(CCC(C)(C)CN)OCC. The highest BCUT2D eigenvalue weighted by molar-refractivity contribution is 6.13. The van der Waals surface area contributed by atoms with Crippen LogP contribution in [-0.4, -0.2) is 35.4 Å². The summed E-state index contributed by atoms with van der Waals surface area (Å²) in [7, 11) is 3.56. The maximum absolute atomic E-state index is 5.69. The monoisotopic (exact) mass is 230 g/mol. The Bertz CT molecular complexity index is 168. The first kappa shape index (κ1) is 15.1. The fraction of sp³-hybridized carbons (Fsp3) is 1.00. The standard InChI is InChI=1S/C11H24NO2Si/c1-5-13-11(15,14-6-2)8-7-10(3,4)9-12/h5-9,12H2,1-4H3. The minimum atomic E-state index is -0.643. The molecule has 0 aliphatic heterocycles. The Morgan fingerprint density at radius 3 is 1.87 bits per heavy atom. The molecule has 0 amide bonds. The van der Waals surface area contributed by atoms with Crippen LogP contribution < -0.4 is 5.73 Å². The van der Waals surface area contributed by atoms with E-state index in [4.69, 9.17) is 15.2 Å². The minimum Gasteiger partial charge on any atom is -0.355 e. The van der Waals surface area contributed by atoms with Crippen molar-refractivity contribution in [1.29, 1.82) is 0 Å². The largest absolute Gasteiger partial charge is 0.355 e. The summed E-state index contributed by atoms with van der Waals surface area (Å²) in [6.45, 7) is 10.2. The van der Waals surface area contributed by atoms with Gasteiger partial charge in [0.1, 0.15) is 15.7 Å². The van der Waals surface area contributed by atoms with E-state index in [1.54, 1.807) is 0 Å². The Hall–Kier alpha value is 0.0969. The van der Waals surface area contributed by atoms with Crippen molar-refractivity contribution in [1.82, 2.24) is 0 Å². The molecule has 0 heterocycles. The van der Waals surface area contributed by atoms with Crippen LogP contribution in [0.5, 0.6) is 0 Å². The highest BCUT2D eigenvalue weighted by Gasteiger charge is 2.28. The van der Waals surface area contributed by atoms with Gasteiger partial charge in [-0.25, -0.2) is 0 Å². The zero-order chi connectivity index (χ0) is 11.9. The molecule has 0 fully saturated rings. The molecule has 4 heteroatoms. The van der Waals surface area contributed by atoms with Crippen LogP contribution in [0.3, 0.4) is 0 Å². The lowest BCUT2D eigenvalue weighted by atomic mass is 9.88. The molecule has 2 N–H and O–H groups in total. The molecular weight excluding hydrogens is 206 g/mol. The van der Waals surface area contributed by atoms with Crippen molar-refractivity contribution in [3.05, 3.63) is 0 Å². The molecule has 0 spiro atoms. The van der Waals surface area contributed by atoms with Gasteiger partial charge >= 0.3 is 0 Å². The van der Waals surface area contributed by atoms with Crippen molar-refractivity contribution in [3.8, 4) is 0 Å². The van der Waals surface area contributed by atoms with Gasteiger partial charge in [0.25, 0.3) is 0 Å². The molecule has 0 bridgehead atoms. The Balaban J connectivity index is 4.17. The van der Waals surface area contributed by atoms with Crippen LogP contribution >= 0.6 is 0 Å². The van der Waals surface area contributed by atoms with Gasteiger partial charge in [-0.3, -0.25) is 0 Å². The molecule has 0 saturated carbocycles. The van der Waals surface area contributed by atoms with E-state index < -0.39 is 5.41 Å². The van der Waals surface area contributed by atoms with E-state index in [-0.39, 0.29) is 5.41 Å². The molecule has 0 rings (SSSR count). The summed E-state index contributed by atoms with van der Waals surface area (Å²) in [5, 5.41) is 0. The van der Waals surface area contributed by atoms with Crippen molar-refractivity contribution in [2.24, 2.45) is 11.1 Å². The van der Waals surface area contributed by atoms with Gasteiger partial charge in [0.2, 0.25) is 0 Å². The van der Waals surface area contributed by atoms with E-state index in [1.807, 2.05) is 13.8 Å². The van der Waals surface area contributed by atoms with Crippen LogP contribution in [0.4, 0.5) is 0 Å². The summed E-state index contributed by atoms with van der Waals surface area (Å²) >= 11 is 0. The van der Waals surface area contributed by atoms with Crippen LogP contribution in [-0.2, 0) is 9.47 Å². The molecular formula is C11H24NO2Si. The first-order valence-corrected chi connectivity index (χ1v) is 6.12. The molecule has 3 nitrogen and oxygen atoms in total. The molecule has 0 atom stereocenters. The van der Waals surface area contributed by atoms with E-state index in [0.29, 0.717) is 19.8 Å². The molecule has 0 aromatic rings. The summed E-state index contributed by atoms with van der Waals surface area (Å²) in [5.41, 5.74) is 5.17. The molecule has 3 radical (unpaired) electrons. The van der Waals surface area contributed by atoms with Gasteiger partial charge in [-0.15, -0.1) is 0 Å². The highest BCUT2D eigenvalue weighted by Crippen LogP contribution is 2.26. The first-order valence-electron chi connectivity index (χ1n) is 5.62. The smallest absolute Gasteiger partial charge is 0.144 e. The van der Waals surface area contributed by atoms with Gasteiger partial charge in [0.05, 0.1) is 0 Å². The van der Waals surface area contributed by atoms with Crippen LogP contribution in [0.1, 0.15) is 40.5 Å². The van der Waals surface area contributed by atoms with Gasteiger partial charge in [0, 0.05) is 13.2 Å². The number of hydrogen-bond donors (Lipinski definition) is 1. The Kier molecular flexibility index (Phi) is 6.67. The molecule has 15 heavy (non-hydrogen) atoms. The average Bonchev–Trinajstić information content (AvgIpc) is 2.16. The number of hydrogen-bond acceptors (Lipinski definition) is 3. The second-order valence-electron chi connectivity index (χ2n) is 4.49. The summed E-state index contributed by atoms with van der Waals surface area (Å²) in [4.78, 5) is 0. The highest BCUT2D eigenvalue weighted by atomic mass is 28.1. The zero-order valence-electron chi connectivity index (χ0n) is 10.4. The Labute approximate surface area is 97.1 Å². The topological polar surface area (TPSA) is 44.5 Å². The minimum absolute atomic E-state index is 0.131. The second-order valence-corrected chi connectivity index (χ2v) is 5.25. The average molecular weight is 230 g/mol. The predicted molar refractivity (Wildman–Crippen MR) is 63.8 cm³/mol. The quantitative estimate of drug-likeness (QED) is 0.509. The van der Waals surface area contributed by atoms with Gasteiger partial charge in [-0.2, -0.15) is 0 Å². The molecule has 0 aromatic carbocycles. The van der Waals surface area contributed by atoms with Gasteiger partial charge in [-0.05, 0) is 38.6 Å². The maximum atomic E-state index is 5.69. The summed E-state index contributed by atoms with van der Waals surface area (Å²) in [5.74, 6) is 0. The summed E-state index contributed by atoms with van der Waals surface area (Å²) < 4.78 is 11.1. The Morgan fingerprint density at radius 2 is 1.53 bits per heavy atom. The van der Waals surface area contributed by atoms with Crippen molar-refractivity contribution < 1.29 is 9.47 Å². The lowest BCUT2D eigenvalue weighted by Crippen LogP contribution is -2.39. The van der Waals surface area contributed by atoms with Crippen LogP contribution in [0.15, 0.2) is 0 Å². The van der Waals surface area contributed by atoms with Crippen LogP contribution in [0.2, 0.25) is 0 Å². The van der Waals surface area contributed by atoms with Gasteiger partial charge in [-0.1, -0.05) is 13.8 Å². The second kappa shape index (κ2) is 6.63. The number of ether oxygens (including phenoxy) is 2. The van der Waals surface area contributed by atoms with Gasteiger partial charge < -0.3 is 15.2 Å². The van der Waals surface area contributed by atoms with E-state index in [0.717, 1.165) is 12.8 Å². The summed E-state index contributed by atoms with van der Waals surface area (Å²) in [6, 6.07) is 0. The zero-order valence-corrected chi connectivity index (χ0v) is 11.4. The molecule has 0 unspecified atom stereocenters.